The van der Waals surface area contributed by atoms with Gasteiger partial charge in [-0.15, -0.1) is 0 Å². The molecule has 3 nitrogen and oxygen atoms in total. The van der Waals surface area contributed by atoms with Crippen LogP contribution in [-0.2, 0) is 27.2 Å². The summed E-state index contributed by atoms with van der Waals surface area (Å²) in [6, 6.07) is 10.4. The molecule has 0 aliphatic rings. The number of hydrogen-bond donors (Lipinski definition) is 0. The first-order valence-electron chi connectivity index (χ1n) is 12.0. The number of methoxy groups -OCH3 is 1. The second kappa shape index (κ2) is 13.7. The summed E-state index contributed by atoms with van der Waals surface area (Å²) in [7, 11) is 1.64. The molecule has 0 aliphatic heterocycles. The van der Waals surface area contributed by atoms with Gasteiger partial charge in [0.1, 0.15) is 12.6 Å². The van der Waals surface area contributed by atoms with Crippen molar-refractivity contribution in [2.24, 2.45) is 0 Å². The van der Waals surface area contributed by atoms with Crippen LogP contribution in [0.2, 0.25) is 0 Å². The van der Waals surface area contributed by atoms with Crippen LogP contribution in [0.25, 0.3) is 11.1 Å². The van der Waals surface area contributed by atoms with Crippen LogP contribution in [-0.4, -0.2) is 27.1 Å². The largest absolute Gasteiger partial charge is 0.382 e. The first kappa shape index (κ1) is 26.5. The molecule has 0 aliphatic carbocycles. The molecule has 4 heteroatoms. The van der Waals surface area contributed by atoms with Crippen LogP contribution in [0.5, 0.6) is 0 Å². The third-order valence-corrected chi connectivity index (χ3v) is 5.82. The van der Waals surface area contributed by atoms with E-state index < -0.39 is 0 Å². The molecule has 178 valence electrons. The molecule has 0 atom stereocenters. The number of ether oxygens (including phenoxy) is 3. The van der Waals surface area contributed by atoms with E-state index in [1.165, 1.54) is 0 Å². The Labute approximate surface area is 194 Å². The number of hydrogen-bond acceptors (Lipinski definition) is 3. The van der Waals surface area contributed by atoms with E-state index in [9.17, 15) is 0 Å². The monoisotopic (exact) mass is 444 g/mol. The van der Waals surface area contributed by atoms with Crippen molar-refractivity contribution >= 4 is 0 Å². The molecule has 0 amide bonds. The topological polar surface area (TPSA) is 27.7 Å². The Morgan fingerprint density at radius 2 is 1.50 bits per heavy atom. The summed E-state index contributed by atoms with van der Waals surface area (Å²) in [4.78, 5) is 0. The second-order valence-corrected chi connectivity index (χ2v) is 8.97. The summed E-state index contributed by atoms with van der Waals surface area (Å²) in [5.41, 5.74) is 6.00. The van der Waals surface area contributed by atoms with Gasteiger partial charge in [0.25, 0.3) is 0 Å². The summed E-state index contributed by atoms with van der Waals surface area (Å²) < 4.78 is 32.5. The molecule has 2 aromatic carbocycles. The molecule has 0 spiro atoms. The standard InChI is InChI=1S/C28H41FO3/c1-7-8-10-15-23-25(20(2)3)28(29)26(21(4)5)24(18-32-19-31-17-16-30-6)27(23)22-13-11-9-12-14-22/h9,11-14,20-21H,7-8,10,15-19H2,1-6H3. The Balaban J connectivity index is 2.63. The van der Waals surface area contributed by atoms with Crippen molar-refractivity contribution in [1.82, 2.24) is 0 Å². The van der Waals surface area contributed by atoms with E-state index >= 15 is 4.39 Å². The number of benzene rings is 2. The van der Waals surface area contributed by atoms with Gasteiger partial charge in [-0.3, -0.25) is 0 Å². The second-order valence-electron chi connectivity index (χ2n) is 8.97. The quantitative estimate of drug-likeness (QED) is 0.222. The maximum atomic E-state index is 16.1. The van der Waals surface area contributed by atoms with Gasteiger partial charge in [0, 0.05) is 7.11 Å². The molecule has 0 bridgehead atoms. The molecular weight excluding hydrogens is 403 g/mol. The SMILES string of the molecule is CCCCCc1c(-c2ccccc2)c(COCOCCOC)c(C(C)C)c(F)c1C(C)C. The zero-order valence-corrected chi connectivity index (χ0v) is 20.8. The highest BCUT2D eigenvalue weighted by Crippen LogP contribution is 2.41. The van der Waals surface area contributed by atoms with E-state index in [4.69, 9.17) is 14.2 Å². The molecular formula is C28H41FO3. The Kier molecular flexibility index (Phi) is 11.4. The summed E-state index contributed by atoms with van der Waals surface area (Å²) in [6.45, 7) is 12.0. The normalized spacial score (nSPS) is 11.7. The lowest BCUT2D eigenvalue weighted by molar-refractivity contribution is -0.0726. The Morgan fingerprint density at radius 3 is 2.09 bits per heavy atom. The van der Waals surface area contributed by atoms with Crippen molar-refractivity contribution < 1.29 is 18.6 Å². The molecule has 0 saturated carbocycles. The van der Waals surface area contributed by atoms with E-state index in [1.807, 2.05) is 6.07 Å². The van der Waals surface area contributed by atoms with E-state index in [1.54, 1.807) is 7.11 Å². The summed E-state index contributed by atoms with van der Waals surface area (Å²) in [5.74, 6) is 0.103. The lowest BCUT2D eigenvalue weighted by Crippen LogP contribution is -2.15. The fraction of sp³-hybridized carbons (Fsp3) is 0.571. The highest BCUT2D eigenvalue weighted by molar-refractivity contribution is 5.75. The van der Waals surface area contributed by atoms with E-state index in [0.717, 1.165) is 59.1 Å². The minimum absolute atomic E-state index is 0.0488. The maximum Gasteiger partial charge on any atom is 0.147 e. The Hall–Kier alpha value is -1.75. The average Bonchev–Trinajstić information content (AvgIpc) is 2.76. The van der Waals surface area contributed by atoms with Crippen molar-refractivity contribution in [3.05, 3.63) is 58.4 Å². The van der Waals surface area contributed by atoms with Gasteiger partial charge in [0.05, 0.1) is 19.8 Å². The fourth-order valence-electron chi connectivity index (χ4n) is 4.38. The first-order valence-corrected chi connectivity index (χ1v) is 12.0. The molecule has 0 radical (unpaired) electrons. The van der Waals surface area contributed by atoms with Gasteiger partial charge in [-0.05, 0) is 58.1 Å². The van der Waals surface area contributed by atoms with Crippen LogP contribution >= 0.6 is 0 Å². The molecule has 0 N–H and O–H groups in total. The van der Waals surface area contributed by atoms with E-state index in [2.05, 4.69) is 58.9 Å². The minimum Gasteiger partial charge on any atom is -0.382 e. The number of halogens is 1. The molecule has 2 aromatic rings. The maximum absolute atomic E-state index is 16.1. The average molecular weight is 445 g/mol. The van der Waals surface area contributed by atoms with E-state index in [0.29, 0.717) is 19.8 Å². The molecule has 2 rings (SSSR count). The summed E-state index contributed by atoms with van der Waals surface area (Å²) in [5, 5.41) is 0. The number of unbranched alkanes of at least 4 members (excludes halogenated alkanes) is 2. The van der Waals surface area contributed by atoms with Gasteiger partial charge in [-0.2, -0.15) is 0 Å². The predicted molar refractivity (Wildman–Crippen MR) is 131 cm³/mol. The lowest BCUT2D eigenvalue weighted by atomic mass is 9.79. The van der Waals surface area contributed by atoms with Crippen molar-refractivity contribution in [1.29, 1.82) is 0 Å². The molecule has 0 heterocycles. The molecule has 32 heavy (non-hydrogen) atoms. The van der Waals surface area contributed by atoms with Crippen molar-refractivity contribution in [2.45, 2.75) is 78.7 Å². The molecule has 0 saturated heterocycles. The van der Waals surface area contributed by atoms with Crippen molar-refractivity contribution in [3.8, 4) is 11.1 Å². The fourth-order valence-corrected chi connectivity index (χ4v) is 4.38. The van der Waals surface area contributed by atoms with Gasteiger partial charge in [-0.25, -0.2) is 4.39 Å². The van der Waals surface area contributed by atoms with Crippen LogP contribution in [0.1, 0.15) is 88.0 Å². The lowest BCUT2D eigenvalue weighted by Gasteiger charge is -2.27. The molecule has 0 fully saturated rings. The van der Waals surface area contributed by atoms with Gasteiger partial charge >= 0.3 is 0 Å². The predicted octanol–water partition coefficient (Wildman–Crippen LogP) is 7.61. The summed E-state index contributed by atoms with van der Waals surface area (Å²) >= 11 is 0. The van der Waals surface area contributed by atoms with Crippen molar-refractivity contribution in [3.63, 3.8) is 0 Å². The van der Waals surface area contributed by atoms with Gasteiger partial charge < -0.3 is 14.2 Å². The van der Waals surface area contributed by atoms with Crippen LogP contribution in [0.3, 0.4) is 0 Å². The third-order valence-electron chi connectivity index (χ3n) is 5.82. The zero-order chi connectivity index (χ0) is 23.5. The van der Waals surface area contributed by atoms with Gasteiger partial charge in [0.15, 0.2) is 0 Å². The highest BCUT2D eigenvalue weighted by Gasteiger charge is 2.27. The van der Waals surface area contributed by atoms with Gasteiger partial charge in [-0.1, -0.05) is 77.8 Å². The highest BCUT2D eigenvalue weighted by atomic mass is 19.1. The Morgan fingerprint density at radius 1 is 0.844 bits per heavy atom. The third kappa shape index (κ3) is 6.87. The van der Waals surface area contributed by atoms with E-state index in [-0.39, 0.29) is 24.4 Å². The van der Waals surface area contributed by atoms with Crippen LogP contribution < -0.4 is 0 Å². The van der Waals surface area contributed by atoms with Crippen molar-refractivity contribution in [2.75, 3.05) is 27.1 Å². The molecule has 0 unspecified atom stereocenters. The molecule has 0 aromatic heterocycles. The summed E-state index contributed by atoms with van der Waals surface area (Å²) in [6.07, 6.45) is 4.20. The smallest absolute Gasteiger partial charge is 0.147 e. The van der Waals surface area contributed by atoms with Gasteiger partial charge in [0.2, 0.25) is 0 Å². The van der Waals surface area contributed by atoms with Crippen LogP contribution in [0.4, 0.5) is 4.39 Å². The minimum atomic E-state index is -0.0555. The van der Waals surface area contributed by atoms with Crippen LogP contribution in [0, 0.1) is 5.82 Å². The zero-order valence-electron chi connectivity index (χ0n) is 20.8. The first-order chi connectivity index (χ1) is 15.4. The van der Waals surface area contributed by atoms with Crippen LogP contribution in [0.15, 0.2) is 30.3 Å². The number of rotatable bonds is 14. The Bertz CT molecular complexity index is 815.